The van der Waals surface area contributed by atoms with Gasteiger partial charge in [-0.25, -0.2) is 9.69 Å². The van der Waals surface area contributed by atoms with Crippen LogP contribution in [0, 0.1) is 5.92 Å². The summed E-state index contributed by atoms with van der Waals surface area (Å²) in [5.74, 6) is 0.380. The summed E-state index contributed by atoms with van der Waals surface area (Å²) in [6.07, 6.45) is 6.76. The van der Waals surface area contributed by atoms with E-state index in [0.717, 1.165) is 31.5 Å². The molecule has 1 aromatic rings. The van der Waals surface area contributed by atoms with Gasteiger partial charge in [0.05, 0.1) is 12.1 Å². The molecule has 0 unspecified atom stereocenters. The number of benzene rings is 1. The van der Waals surface area contributed by atoms with E-state index >= 15 is 0 Å². The molecule has 3 aliphatic heterocycles. The first-order valence-corrected chi connectivity index (χ1v) is 13.6. The number of nitrogens with zero attached hydrogens (tertiary/aromatic N) is 3. The summed E-state index contributed by atoms with van der Waals surface area (Å²) in [6.45, 7) is 8.42. The second kappa shape index (κ2) is 12.2. The minimum atomic E-state index is -0.836. The van der Waals surface area contributed by atoms with E-state index in [4.69, 9.17) is 4.74 Å². The number of carbonyl (C=O) groups excluding carboxylic acids is 3. The number of imide groups is 1. The van der Waals surface area contributed by atoms with Crippen LogP contribution in [0.2, 0.25) is 0 Å². The summed E-state index contributed by atoms with van der Waals surface area (Å²) < 4.78 is 5.23. The maximum Gasteiger partial charge on any atom is 0.329 e. The molecular weight excluding hydrogens is 456 g/mol. The van der Waals surface area contributed by atoms with Crippen molar-refractivity contribution in [1.82, 2.24) is 15.1 Å². The Labute approximate surface area is 215 Å². The molecule has 36 heavy (non-hydrogen) atoms. The first-order chi connectivity index (χ1) is 17.4. The number of fused-ring (bicyclic) bond motifs is 1. The van der Waals surface area contributed by atoms with E-state index in [1.54, 1.807) is 19.2 Å². The molecule has 0 aliphatic carbocycles. The molecule has 4 amide bonds. The molecule has 0 aromatic heterocycles. The van der Waals surface area contributed by atoms with E-state index in [1.807, 2.05) is 17.0 Å². The molecule has 0 spiro atoms. The third-order valence-electron chi connectivity index (χ3n) is 8.03. The maximum atomic E-state index is 13.5. The van der Waals surface area contributed by atoms with Gasteiger partial charge in [0.15, 0.2) is 0 Å². The maximum absolute atomic E-state index is 13.5. The molecule has 3 saturated heterocycles. The van der Waals surface area contributed by atoms with Crippen LogP contribution in [0.25, 0.3) is 0 Å². The lowest BCUT2D eigenvalue weighted by molar-refractivity contribution is -0.135. The molecule has 3 atom stereocenters. The molecule has 3 aliphatic rings. The summed E-state index contributed by atoms with van der Waals surface area (Å²) in [5.41, 5.74) is 1.68. The average molecular weight is 499 g/mol. The lowest BCUT2D eigenvalue weighted by Gasteiger charge is -2.45. The molecule has 0 saturated carbocycles. The summed E-state index contributed by atoms with van der Waals surface area (Å²) in [7, 11) is 1.67. The van der Waals surface area contributed by atoms with Gasteiger partial charge in [-0.3, -0.25) is 9.59 Å². The quantitative estimate of drug-likeness (QED) is 0.392. The van der Waals surface area contributed by atoms with Crippen molar-refractivity contribution >= 4 is 23.5 Å². The number of rotatable bonds is 10. The normalized spacial score (nSPS) is 24.7. The van der Waals surface area contributed by atoms with E-state index in [9.17, 15) is 14.4 Å². The first-order valence-electron chi connectivity index (χ1n) is 13.6. The number of urea groups is 1. The van der Waals surface area contributed by atoms with Crippen LogP contribution in [-0.4, -0.2) is 79.6 Å². The average Bonchev–Trinajstić information content (AvgIpc) is 3.15. The van der Waals surface area contributed by atoms with Crippen molar-refractivity contribution in [2.45, 2.75) is 76.8 Å². The van der Waals surface area contributed by atoms with Crippen LogP contribution in [-0.2, 0) is 14.3 Å². The van der Waals surface area contributed by atoms with Gasteiger partial charge in [0.1, 0.15) is 6.04 Å². The highest BCUT2D eigenvalue weighted by Crippen LogP contribution is 2.32. The van der Waals surface area contributed by atoms with Crippen LogP contribution >= 0.6 is 0 Å². The zero-order valence-electron chi connectivity index (χ0n) is 22.1. The van der Waals surface area contributed by atoms with E-state index in [-0.39, 0.29) is 18.2 Å². The topological polar surface area (TPSA) is 82.2 Å². The van der Waals surface area contributed by atoms with Crippen LogP contribution in [0.3, 0.4) is 0 Å². The number of ether oxygens (including phenoxy) is 1. The Morgan fingerprint density at radius 2 is 1.86 bits per heavy atom. The lowest BCUT2D eigenvalue weighted by Crippen LogP contribution is -2.52. The van der Waals surface area contributed by atoms with Crippen molar-refractivity contribution in [3.63, 3.8) is 0 Å². The van der Waals surface area contributed by atoms with Gasteiger partial charge in [-0.2, -0.15) is 0 Å². The fourth-order valence-electron chi connectivity index (χ4n) is 6.02. The van der Waals surface area contributed by atoms with Crippen molar-refractivity contribution in [1.29, 1.82) is 0 Å². The zero-order chi connectivity index (χ0) is 25.7. The van der Waals surface area contributed by atoms with Gasteiger partial charge < -0.3 is 19.9 Å². The van der Waals surface area contributed by atoms with Crippen LogP contribution in [0.1, 0.15) is 70.3 Å². The highest BCUT2D eigenvalue weighted by Gasteiger charge is 2.41. The molecular formula is C28H42N4O4. The molecule has 4 rings (SSSR count). The highest BCUT2D eigenvalue weighted by molar-refractivity contribution is 6.22. The van der Waals surface area contributed by atoms with E-state index in [2.05, 4.69) is 24.1 Å². The van der Waals surface area contributed by atoms with Crippen molar-refractivity contribution in [3.8, 4) is 0 Å². The molecule has 3 heterocycles. The first kappa shape index (κ1) is 26.6. The summed E-state index contributed by atoms with van der Waals surface area (Å²) >= 11 is 0. The molecule has 3 fully saturated rings. The van der Waals surface area contributed by atoms with Gasteiger partial charge in [-0.1, -0.05) is 32.4 Å². The summed E-state index contributed by atoms with van der Waals surface area (Å²) in [6, 6.07) is 6.72. The number of nitrogens with one attached hydrogen (secondary N) is 1. The van der Waals surface area contributed by atoms with Crippen LogP contribution < -0.4 is 10.2 Å². The number of amides is 4. The number of anilines is 1. The minimum Gasteiger partial charge on any atom is -0.385 e. The van der Waals surface area contributed by atoms with E-state index < -0.39 is 12.1 Å². The monoisotopic (exact) mass is 498 g/mol. The molecule has 8 nitrogen and oxygen atoms in total. The van der Waals surface area contributed by atoms with E-state index in [1.165, 1.54) is 30.6 Å². The standard InChI is InChI=1S/C28H42N4O4/c1-20(2)21-10-12-23(13-11-21)32-27(34)24(29-28(32)35)18-26(33)31(16-7-17-36-3)19-22-8-6-15-30-14-5-4-9-25(22)30/h10-13,20,22,24-25H,4-9,14-19H2,1-3H3,(H,29,35)/t22-,24+,25+/m0/s1. The Bertz CT molecular complexity index is 917. The van der Waals surface area contributed by atoms with Crippen molar-refractivity contribution in [2.75, 3.05) is 44.8 Å². The van der Waals surface area contributed by atoms with E-state index in [0.29, 0.717) is 43.3 Å². The van der Waals surface area contributed by atoms with Gasteiger partial charge in [0, 0.05) is 32.8 Å². The SMILES string of the molecule is COCCCN(C[C@@H]1CCCN2CCCC[C@H]12)C(=O)C[C@H]1NC(=O)N(c2ccc(C(C)C)cc2)C1=O. The van der Waals surface area contributed by atoms with Gasteiger partial charge in [-0.15, -0.1) is 0 Å². The second-order valence-corrected chi connectivity index (χ2v) is 10.8. The fraction of sp³-hybridized carbons (Fsp3) is 0.679. The third-order valence-corrected chi connectivity index (χ3v) is 8.03. The fourth-order valence-corrected chi connectivity index (χ4v) is 6.02. The second-order valence-electron chi connectivity index (χ2n) is 10.8. The number of piperidine rings is 2. The Morgan fingerprint density at radius 1 is 1.11 bits per heavy atom. The number of methoxy groups -OCH3 is 1. The predicted molar refractivity (Wildman–Crippen MR) is 140 cm³/mol. The van der Waals surface area contributed by atoms with Gasteiger partial charge in [0.25, 0.3) is 5.91 Å². The Morgan fingerprint density at radius 3 is 2.58 bits per heavy atom. The zero-order valence-corrected chi connectivity index (χ0v) is 22.1. The van der Waals surface area contributed by atoms with Crippen LogP contribution in [0.15, 0.2) is 24.3 Å². The van der Waals surface area contributed by atoms with Crippen molar-refractivity contribution < 1.29 is 19.1 Å². The number of carbonyl (C=O) groups is 3. The van der Waals surface area contributed by atoms with Crippen LogP contribution in [0.5, 0.6) is 0 Å². The summed E-state index contributed by atoms with van der Waals surface area (Å²) in [4.78, 5) is 45.1. The molecule has 198 valence electrons. The molecule has 0 bridgehead atoms. The number of hydrogen-bond acceptors (Lipinski definition) is 5. The Balaban J connectivity index is 1.42. The molecule has 1 N–H and O–H groups in total. The Kier molecular flexibility index (Phi) is 9.01. The third kappa shape index (κ3) is 6.09. The summed E-state index contributed by atoms with van der Waals surface area (Å²) in [5, 5.41) is 2.75. The van der Waals surface area contributed by atoms with Crippen molar-refractivity contribution in [3.05, 3.63) is 29.8 Å². The largest absolute Gasteiger partial charge is 0.385 e. The minimum absolute atomic E-state index is 0.0146. The van der Waals surface area contributed by atoms with Gasteiger partial charge in [-0.05, 0) is 74.7 Å². The predicted octanol–water partition coefficient (Wildman–Crippen LogP) is 3.75. The lowest BCUT2D eigenvalue weighted by atomic mass is 9.83. The van der Waals surface area contributed by atoms with Gasteiger partial charge in [0.2, 0.25) is 5.91 Å². The molecule has 1 aromatic carbocycles. The van der Waals surface area contributed by atoms with Crippen LogP contribution in [0.4, 0.5) is 10.5 Å². The number of hydrogen-bond donors (Lipinski definition) is 1. The smallest absolute Gasteiger partial charge is 0.329 e. The van der Waals surface area contributed by atoms with Crippen molar-refractivity contribution in [2.24, 2.45) is 5.92 Å². The highest BCUT2D eigenvalue weighted by atomic mass is 16.5. The van der Waals surface area contributed by atoms with Gasteiger partial charge >= 0.3 is 6.03 Å². The molecule has 0 radical (unpaired) electrons. The Hall–Kier alpha value is -2.45. The molecule has 8 heteroatoms.